The van der Waals surface area contributed by atoms with E-state index in [0.717, 1.165) is 26.2 Å². The molecule has 0 bridgehead atoms. The Balaban J connectivity index is 2.19. The van der Waals surface area contributed by atoms with Crippen LogP contribution >= 0.6 is 38.9 Å². The highest BCUT2D eigenvalue weighted by Crippen LogP contribution is 2.30. The third-order valence-electron chi connectivity index (χ3n) is 2.30. The van der Waals surface area contributed by atoms with Gasteiger partial charge in [0, 0.05) is 16.2 Å². The van der Waals surface area contributed by atoms with Gasteiger partial charge in [-0.25, -0.2) is 0 Å². The van der Waals surface area contributed by atoms with Crippen LogP contribution in [-0.2, 0) is 12.5 Å². The fraction of sp³-hybridized carbons (Fsp3) is 0.250. The summed E-state index contributed by atoms with van der Waals surface area (Å²) in [6.45, 7) is 2.56. The first-order valence-corrected chi connectivity index (χ1v) is 7.26. The number of benzene rings is 1. The third-order valence-corrected chi connectivity index (χ3v) is 3.80. The lowest BCUT2D eigenvalue weighted by Crippen LogP contribution is -1.98. The average Bonchev–Trinajstić information content (AvgIpc) is 2.79. The second-order valence-electron chi connectivity index (χ2n) is 3.60. The number of thiazole rings is 1. The number of ether oxygens (including phenoxy) is 1. The van der Waals surface area contributed by atoms with E-state index < -0.39 is 0 Å². The van der Waals surface area contributed by atoms with Crippen molar-refractivity contribution in [1.82, 2.24) is 4.98 Å². The Hall–Kier alpha value is -0.580. The van der Waals surface area contributed by atoms with E-state index in [2.05, 4.69) is 20.9 Å². The van der Waals surface area contributed by atoms with Crippen LogP contribution in [0.5, 0.6) is 5.75 Å². The van der Waals surface area contributed by atoms with Gasteiger partial charge >= 0.3 is 0 Å². The van der Waals surface area contributed by atoms with Gasteiger partial charge in [-0.05, 0) is 24.6 Å². The molecule has 1 heterocycles. The van der Waals surface area contributed by atoms with Gasteiger partial charge in [0.05, 0.1) is 16.3 Å². The van der Waals surface area contributed by atoms with Gasteiger partial charge in [0.15, 0.2) is 0 Å². The molecule has 0 N–H and O–H groups in total. The summed E-state index contributed by atoms with van der Waals surface area (Å²) in [6.07, 6.45) is 1.82. The quantitative estimate of drug-likeness (QED) is 0.767. The molecular weight excluding hydrogens is 322 g/mol. The zero-order valence-electron chi connectivity index (χ0n) is 9.24. The molecule has 5 heteroatoms. The molecule has 0 unspecified atom stereocenters. The van der Waals surface area contributed by atoms with E-state index in [1.807, 2.05) is 25.3 Å². The largest absolute Gasteiger partial charge is 0.487 e. The van der Waals surface area contributed by atoms with E-state index >= 15 is 0 Å². The van der Waals surface area contributed by atoms with E-state index in [9.17, 15) is 0 Å². The lowest BCUT2D eigenvalue weighted by molar-refractivity contribution is 0.305. The number of aromatic nitrogens is 1. The number of rotatable bonds is 4. The third kappa shape index (κ3) is 3.21. The Morgan fingerprint density at radius 2 is 2.29 bits per heavy atom. The van der Waals surface area contributed by atoms with Gasteiger partial charge in [0.2, 0.25) is 0 Å². The minimum atomic E-state index is 0.443. The molecule has 90 valence electrons. The normalized spacial score (nSPS) is 10.5. The minimum Gasteiger partial charge on any atom is -0.487 e. The van der Waals surface area contributed by atoms with E-state index in [4.69, 9.17) is 16.3 Å². The second kappa shape index (κ2) is 5.85. The van der Waals surface area contributed by atoms with Crippen molar-refractivity contribution in [3.8, 4) is 5.75 Å². The van der Waals surface area contributed by atoms with E-state index in [1.165, 1.54) is 0 Å². The van der Waals surface area contributed by atoms with Crippen molar-refractivity contribution in [2.45, 2.75) is 19.4 Å². The molecule has 0 saturated heterocycles. The summed E-state index contributed by atoms with van der Waals surface area (Å²) >= 11 is 11.0. The van der Waals surface area contributed by atoms with Crippen molar-refractivity contribution in [3.05, 3.63) is 44.3 Å². The van der Waals surface area contributed by atoms with Gasteiger partial charge in [-0.15, -0.1) is 22.9 Å². The molecule has 17 heavy (non-hydrogen) atoms. The molecule has 2 rings (SSSR count). The van der Waals surface area contributed by atoms with Crippen LogP contribution in [0.25, 0.3) is 0 Å². The lowest BCUT2D eigenvalue weighted by Gasteiger charge is -2.12. The standard InChI is InChI=1S/C12H11BrClNOS/c1-8-2-10(13)3-9(4-14)12(8)16-6-11-5-15-7-17-11/h2-3,5,7H,4,6H2,1H3. The predicted molar refractivity (Wildman–Crippen MR) is 74.9 cm³/mol. The molecule has 0 atom stereocenters. The van der Waals surface area contributed by atoms with E-state index in [1.54, 1.807) is 16.8 Å². The summed E-state index contributed by atoms with van der Waals surface area (Å²) in [6, 6.07) is 4.01. The maximum absolute atomic E-state index is 5.93. The molecule has 0 aliphatic rings. The van der Waals surface area contributed by atoms with Gasteiger partial charge in [-0.2, -0.15) is 0 Å². The zero-order valence-corrected chi connectivity index (χ0v) is 12.4. The number of aryl methyl sites for hydroxylation is 1. The topological polar surface area (TPSA) is 22.1 Å². The highest BCUT2D eigenvalue weighted by molar-refractivity contribution is 9.10. The summed E-state index contributed by atoms with van der Waals surface area (Å²) in [5.41, 5.74) is 3.89. The first-order valence-electron chi connectivity index (χ1n) is 5.06. The van der Waals surface area contributed by atoms with Crippen LogP contribution in [0.4, 0.5) is 0 Å². The Labute approximate surface area is 118 Å². The molecule has 0 aliphatic heterocycles. The summed E-state index contributed by atoms with van der Waals surface area (Å²) < 4.78 is 6.85. The van der Waals surface area contributed by atoms with Gasteiger partial charge in [-0.1, -0.05) is 15.9 Å². The van der Waals surface area contributed by atoms with E-state index in [-0.39, 0.29) is 0 Å². The first-order chi connectivity index (χ1) is 8.20. The number of hydrogen-bond donors (Lipinski definition) is 0. The Bertz CT molecular complexity index is 501. The highest BCUT2D eigenvalue weighted by atomic mass is 79.9. The maximum atomic E-state index is 5.93. The highest BCUT2D eigenvalue weighted by Gasteiger charge is 2.09. The summed E-state index contributed by atoms with van der Waals surface area (Å²) in [4.78, 5) is 5.12. The number of alkyl halides is 1. The van der Waals surface area contributed by atoms with Gasteiger partial charge in [0.25, 0.3) is 0 Å². The molecule has 2 nitrogen and oxygen atoms in total. The van der Waals surface area contributed by atoms with Crippen LogP contribution in [0.3, 0.4) is 0 Å². The molecule has 0 radical (unpaired) electrons. The fourth-order valence-electron chi connectivity index (χ4n) is 1.56. The van der Waals surface area contributed by atoms with Gasteiger partial charge < -0.3 is 4.74 Å². The Morgan fingerprint density at radius 3 is 2.94 bits per heavy atom. The molecule has 0 amide bonds. The zero-order chi connectivity index (χ0) is 12.3. The van der Waals surface area contributed by atoms with Crippen LogP contribution in [0.1, 0.15) is 16.0 Å². The van der Waals surface area contributed by atoms with Crippen LogP contribution in [0.15, 0.2) is 28.3 Å². The van der Waals surface area contributed by atoms with Crippen LogP contribution < -0.4 is 4.74 Å². The fourth-order valence-corrected chi connectivity index (χ4v) is 2.89. The smallest absolute Gasteiger partial charge is 0.127 e. The monoisotopic (exact) mass is 331 g/mol. The molecule has 0 fully saturated rings. The van der Waals surface area contributed by atoms with Crippen molar-refractivity contribution in [3.63, 3.8) is 0 Å². The second-order valence-corrected chi connectivity index (χ2v) is 5.75. The summed E-state index contributed by atoms with van der Waals surface area (Å²) in [5.74, 6) is 1.31. The van der Waals surface area contributed by atoms with Crippen LogP contribution in [0, 0.1) is 6.92 Å². The van der Waals surface area contributed by atoms with Crippen LogP contribution in [-0.4, -0.2) is 4.98 Å². The molecule has 1 aromatic heterocycles. The Kier molecular flexibility index (Phi) is 4.42. The van der Waals surface area contributed by atoms with Crippen molar-refractivity contribution < 1.29 is 4.74 Å². The number of hydrogen-bond acceptors (Lipinski definition) is 3. The number of nitrogens with zero attached hydrogens (tertiary/aromatic N) is 1. The van der Waals surface area contributed by atoms with Gasteiger partial charge in [0.1, 0.15) is 12.4 Å². The molecule has 0 aliphatic carbocycles. The first kappa shape index (κ1) is 12.9. The van der Waals surface area contributed by atoms with Crippen molar-refractivity contribution >= 4 is 38.9 Å². The molecule has 0 spiro atoms. The summed E-state index contributed by atoms with van der Waals surface area (Å²) in [7, 11) is 0. The molecule has 2 aromatic rings. The maximum Gasteiger partial charge on any atom is 0.127 e. The molecule has 1 aromatic carbocycles. The van der Waals surface area contributed by atoms with Crippen LogP contribution in [0.2, 0.25) is 0 Å². The molecular formula is C12H11BrClNOS. The average molecular weight is 333 g/mol. The van der Waals surface area contributed by atoms with Crippen molar-refractivity contribution in [2.24, 2.45) is 0 Å². The minimum absolute atomic E-state index is 0.443. The predicted octanol–water partition coefficient (Wildman–Crippen LogP) is 4.53. The number of halogens is 2. The van der Waals surface area contributed by atoms with E-state index in [0.29, 0.717) is 12.5 Å². The summed E-state index contributed by atoms with van der Waals surface area (Å²) in [5, 5.41) is 0. The molecule has 0 saturated carbocycles. The van der Waals surface area contributed by atoms with Crippen molar-refractivity contribution in [1.29, 1.82) is 0 Å². The van der Waals surface area contributed by atoms with Gasteiger partial charge in [-0.3, -0.25) is 4.98 Å². The SMILES string of the molecule is Cc1cc(Br)cc(CCl)c1OCc1cncs1. The van der Waals surface area contributed by atoms with Crippen molar-refractivity contribution in [2.75, 3.05) is 0 Å². The Morgan fingerprint density at radius 1 is 1.47 bits per heavy atom. The lowest BCUT2D eigenvalue weighted by atomic mass is 10.1.